The van der Waals surface area contributed by atoms with E-state index in [2.05, 4.69) is 10.6 Å². The molecule has 0 saturated carbocycles. The number of halogens is 1. The lowest BCUT2D eigenvalue weighted by molar-refractivity contribution is -0.151. The number of rotatable bonds is 6. The number of ether oxygens (including phenoxy) is 1. The van der Waals surface area contributed by atoms with Gasteiger partial charge < -0.3 is 15.4 Å². The maximum atomic E-state index is 13.0. The van der Waals surface area contributed by atoms with E-state index < -0.39 is 30.2 Å². The van der Waals surface area contributed by atoms with Crippen LogP contribution in [0, 0.1) is 11.7 Å². The molecule has 2 amide bonds. The maximum absolute atomic E-state index is 13.0. The lowest BCUT2D eigenvalue weighted by Crippen LogP contribution is -2.26. The molecule has 0 unspecified atom stereocenters. The zero-order chi connectivity index (χ0) is 20.6. The van der Waals surface area contributed by atoms with E-state index in [0.717, 1.165) is 6.42 Å². The summed E-state index contributed by atoms with van der Waals surface area (Å²) < 4.78 is 18.1. The second-order valence-electron chi connectivity index (χ2n) is 6.64. The smallest absolute Gasteiger partial charge is 0.309 e. The lowest BCUT2D eigenvalue weighted by atomic mass is 9.95. The Labute approximate surface area is 167 Å². The van der Waals surface area contributed by atoms with Gasteiger partial charge in [0.2, 0.25) is 0 Å². The highest BCUT2D eigenvalue weighted by atomic mass is 19.1. The highest BCUT2D eigenvalue weighted by Gasteiger charge is 2.21. The summed E-state index contributed by atoms with van der Waals surface area (Å²) in [6.07, 6.45) is 6.11. The van der Waals surface area contributed by atoms with Gasteiger partial charge in [0.05, 0.1) is 17.2 Å². The van der Waals surface area contributed by atoms with E-state index in [9.17, 15) is 18.8 Å². The molecular formula is C22H21FN2O4. The summed E-state index contributed by atoms with van der Waals surface area (Å²) in [6, 6.07) is 11.8. The van der Waals surface area contributed by atoms with Crippen LogP contribution >= 0.6 is 0 Å². The molecule has 0 saturated heterocycles. The molecule has 0 fully saturated rings. The van der Waals surface area contributed by atoms with Gasteiger partial charge in [-0.2, -0.15) is 0 Å². The Hall–Kier alpha value is -3.48. The molecule has 0 aliphatic heterocycles. The molecule has 1 aliphatic rings. The first kappa shape index (κ1) is 20.3. The Kier molecular flexibility index (Phi) is 6.73. The van der Waals surface area contributed by atoms with Gasteiger partial charge >= 0.3 is 5.97 Å². The summed E-state index contributed by atoms with van der Waals surface area (Å²) in [5, 5.41) is 5.24. The molecule has 0 heterocycles. The van der Waals surface area contributed by atoms with Crippen molar-refractivity contribution in [3.8, 4) is 0 Å². The fourth-order valence-corrected chi connectivity index (χ4v) is 2.97. The van der Waals surface area contributed by atoms with Gasteiger partial charge in [0.15, 0.2) is 6.61 Å². The number of esters is 1. The molecule has 150 valence electrons. The van der Waals surface area contributed by atoms with E-state index in [1.165, 1.54) is 24.3 Å². The summed E-state index contributed by atoms with van der Waals surface area (Å²) in [7, 11) is 0. The van der Waals surface area contributed by atoms with Gasteiger partial charge in [-0.1, -0.05) is 24.3 Å². The second kappa shape index (κ2) is 9.64. The summed E-state index contributed by atoms with van der Waals surface area (Å²) >= 11 is 0. The molecule has 3 rings (SSSR count). The SMILES string of the molecule is O=C(COC(=O)[C@@H]1CC=CCC1)Nc1ccccc1C(=O)Nc1ccc(F)cc1. The van der Waals surface area contributed by atoms with Gasteiger partial charge in [-0.25, -0.2) is 4.39 Å². The molecule has 0 bridgehead atoms. The Bertz CT molecular complexity index is 925. The lowest BCUT2D eigenvalue weighted by Gasteiger charge is -2.16. The molecule has 0 aromatic heterocycles. The average Bonchev–Trinajstić information content (AvgIpc) is 2.74. The van der Waals surface area contributed by atoms with Crippen molar-refractivity contribution in [1.29, 1.82) is 0 Å². The van der Waals surface area contributed by atoms with Gasteiger partial charge in [0, 0.05) is 5.69 Å². The summed E-state index contributed by atoms with van der Waals surface area (Å²) in [6.45, 7) is -0.424. The molecule has 6 nitrogen and oxygen atoms in total. The second-order valence-corrected chi connectivity index (χ2v) is 6.64. The fraction of sp³-hybridized carbons (Fsp3) is 0.227. The molecule has 1 atom stereocenters. The van der Waals surface area contributed by atoms with Gasteiger partial charge in [0.25, 0.3) is 11.8 Å². The van der Waals surface area contributed by atoms with Crippen LogP contribution in [0.3, 0.4) is 0 Å². The minimum absolute atomic E-state index is 0.221. The first-order valence-corrected chi connectivity index (χ1v) is 9.30. The first-order chi connectivity index (χ1) is 14.0. The number of carbonyl (C=O) groups is 3. The van der Waals surface area contributed by atoms with Gasteiger partial charge in [0.1, 0.15) is 5.82 Å². The van der Waals surface area contributed by atoms with Crippen molar-refractivity contribution < 1.29 is 23.5 Å². The zero-order valence-electron chi connectivity index (χ0n) is 15.7. The van der Waals surface area contributed by atoms with Crippen LogP contribution < -0.4 is 10.6 Å². The van der Waals surface area contributed by atoms with Crippen LogP contribution in [0.5, 0.6) is 0 Å². The van der Waals surface area contributed by atoms with Gasteiger partial charge in [-0.3, -0.25) is 14.4 Å². The highest BCUT2D eigenvalue weighted by Crippen LogP contribution is 2.20. The molecule has 2 aromatic carbocycles. The third-order valence-electron chi connectivity index (χ3n) is 4.50. The van der Waals surface area contributed by atoms with Crippen LogP contribution in [0.2, 0.25) is 0 Å². The van der Waals surface area contributed by atoms with Crippen LogP contribution in [-0.4, -0.2) is 24.4 Å². The number of allylic oxidation sites excluding steroid dienone is 2. The number of nitrogens with one attached hydrogen (secondary N) is 2. The van der Waals surface area contributed by atoms with Gasteiger partial charge in [-0.15, -0.1) is 0 Å². The zero-order valence-corrected chi connectivity index (χ0v) is 15.7. The molecule has 0 spiro atoms. The molecule has 1 aliphatic carbocycles. The molecule has 2 aromatic rings. The summed E-state index contributed by atoms with van der Waals surface area (Å²) in [5.74, 6) is -2.02. The number of benzene rings is 2. The minimum atomic E-state index is -0.535. The Balaban J connectivity index is 1.58. The molecule has 7 heteroatoms. The standard InChI is InChI=1S/C22H21FN2O4/c23-16-10-12-17(13-11-16)24-21(27)18-8-4-5-9-19(18)25-20(26)14-29-22(28)15-6-2-1-3-7-15/h1-2,4-5,8-13,15H,3,6-7,14H2,(H,24,27)(H,25,26)/t15-/m1/s1. The number of amides is 2. The van der Waals surface area contributed by atoms with Crippen molar-refractivity contribution in [2.24, 2.45) is 5.92 Å². The van der Waals surface area contributed by atoms with Crippen molar-refractivity contribution in [1.82, 2.24) is 0 Å². The van der Waals surface area contributed by atoms with Crippen molar-refractivity contribution in [2.45, 2.75) is 19.3 Å². The van der Waals surface area contributed by atoms with Crippen LogP contribution in [0.1, 0.15) is 29.6 Å². The Morgan fingerprint density at radius 2 is 1.76 bits per heavy atom. The van der Waals surface area contributed by atoms with Crippen LogP contribution in [0.15, 0.2) is 60.7 Å². The Morgan fingerprint density at radius 3 is 2.48 bits per heavy atom. The average molecular weight is 396 g/mol. The molecule has 2 N–H and O–H groups in total. The minimum Gasteiger partial charge on any atom is -0.455 e. The first-order valence-electron chi connectivity index (χ1n) is 9.30. The molecule has 29 heavy (non-hydrogen) atoms. The van der Waals surface area contributed by atoms with Crippen LogP contribution in [-0.2, 0) is 14.3 Å². The molecule has 0 radical (unpaired) electrons. The number of anilines is 2. The third kappa shape index (κ3) is 5.75. The topological polar surface area (TPSA) is 84.5 Å². The normalized spacial score (nSPS) is 15.4. The van der Waals surface area contributed by atoms with E-state index in [1.807, 2.05) is 12.2 Å². The van der Waals surface area contributed by atoms with Crippen molar-refractivity contribution in [3.63, 3.8) is 0 Å². The Morgan fingerprint density at radius 1 is 1.00 bits per heavy atom. The quantitative estimate of drug-likeness (QED) is 0.573. The maximum Gasteiger partial charge on any atom is 0.309 e. The van der Waals surface area contributed by atoms with E-state index in [-0.39, 0.29) is 17.2 Å². The number of carbonyl (C=O) groups excluding carboxylic acids is 3. The summed E-state index contributed by atoms with van der Waals surface area (Å²) in [4.78, 5) is 36.8. The summed E-state index contributed by atoms with van der Waals surface area (Å²) in [5.41, 5.74) is 0.940. The van der Waals surface area contributed by atoms with Crippen molar-refractivity contribution >= 4 is 29.2 Å². The largest absolute Gasteiger partial charge is 0.455 e. The number of hydrogen-bond donors (Lipinski definition) is 2. The number of para-hydroxylation sites is 1. The van der Waals surface area contributed by atoms with Crippen LogP contribution in [0.25, 0.3) is 0 Å². The van der Waals surface area contributed by atoms with E-state index >= 15 is 0 Å². The third-order valence-corrected chi connectivity index (χ3v) is 4.50. The fourth-order valence-electron chi connectivity index (χ4n) is 2.97. The highest BCUT2D eigenvalue weighted by molar-refractivity contribution is 6.10. The number of hydrogen-bond acceptors (Lipinski definition) is 4. The van der Waals surface area contributed by atoms with Crippen molar-refractivity contribution in [3.05, 3.63) is 72.1 Å². The van der Waals surface area contributed by atoms with Crippen LogP contribution in [0.4, 0.5) is 15.8 Å². The predicted octanol–water partition coefficient (Wildman–Crippen LogP) is 3.92. The van der Waals surface area contributed by atoms with E-state index in [4.69, 9.17) is 4.74 Å². The van der Waals surface area contributed by atoms with Gasteiger partial charge in [-0.05, 0) is 55.7 Å². The monoisotopic (exact) mass is 396 g/mol. The molecular weight excluding hydrogens is 375 g/mol. The predicted molar refractivity (Wildman–Crippen MR) is 107 cm³/mol. The van der Waals surface area contributed by atoms with Crippen molar-refractivity contribution in [2.75, 3.05) is 17.2 Å². The van der Waals surface area contributed by atoms with E-state index in [1.54, 1.807) is 24.3 Å². The van der Waals surface area contributed by atoms with E-state index in [0.29, 0.717) is 18.5 Å².